The minimum atomic E-state index is -0.717. The molecule has 5 unspecified atom stereocenters. The first-order valence-electron chi connectivity index (χ1n) is 9.92. The van der Waals surface area contributed by atoms with Gasteiger partial charge in [-0.2, -0.15) is 0 Å². The lowest BCUT2D eigenvalue weighted by Crippen LogP contribution is -2.82. The van der Waals surface area contributed by atoms with Crippen LogP contribution in [-0.4, -0.2) is 44.7 Å². The number of likely N-dealkylation sites (N-methyl/N-ethyl adjacent to an activating group) is 1. The van der Waals surface area contributed by atoms with Crippen molar-refractivity contribution in [3.8, 4) is 0 Å². The summed E-state index contributed by atoms with van der Waals surface area (Å²) < 4.78 is 18.9. The molecule has 25 heavy (non-hydrogen) atoms. The highest BCUT2D eigenvalue weighted by atomic mass is 17.2. The number of hydrogen-bond acceptors (Lipinski definition) is 6. The van der Waals surface area contributed by atoms with E-state index in [1.165, 1.54) is 6.42 Å². The SMILES string of the molecule is CNCCOC1O[C@@H]2O[C@]3(C)CCC45C(OO3)C(CC[C@H]4C)(C25)[C@H]1C. The van der Waals surface area contributed by atoms with Crippen LogP contribution in [0.2, 0.25) is 0 Å². The molecule has 3 bridgehead atoms. The highest BCUT2D eigenvalue weighted by Gasteiger charge is 2.83. The minimum absolute atomic E-state index is 0.0470. The zero-order chi connectivity index (χ0) is 17.4. The van der Waals surface area contributed by atoms with E-state index in [1.54, 1.807) is 0 Å². The summed E-state index contributed by atoms with van der Waals surface area (Å²) in [5.41, 5.74) is 0.173. The molecule has 0 amide bonds. The first-order valence-corrected chi connectivity index (χ1v) is 9.92. The molecule has 1 N–H and O–H groups in total. The van der Waals surface area contributed by atoms with E-state index in [0.29, 0.717) is 18.4 Å². The van der Waals surface area contributed by atoms with E-state index < -0.39 is 5.79 Å². The molecule has 0 aromatic carbocycles. The van der Waals surface area contributed by atoms with Gasteiger partial charge in [0, 0.05) is 35.6 Å². The second-order valence-electron chi connectivity index (χ2n) is 9.09. The van der Waals surface area contributed by atoms with E-state index in [2.05, 4.69) is 19.2 Å². The normalized spacial score (nSPS) is 59.0. The van der Waals surface area contributed by atoms with Gasteiger partial charge in [-0.05, 0) is 39.2 Å². The summed E-state index contributed by atoms with van der Waals surface area (Å²) in [7, 11) is 1.94. The van der Waals surface area contributed by atoms with Crippen LogP contribution in [0.4, 0.5) is 0 Å². The second kappa shape index (κ2) is 5.40. The smallest absolute Gasteiger partial charge is 0.201 e. The Kier molecular flexibility index (Phi) is 3.65. The molecule has 0 aromatic heterocycles. The average molecular weight is 353 g/mol. The van der Waals surface area contributed by atoms with Gasteiger partial charge in [0.05, 0.1) is 6.61 Å². The Morgan fingerprint density at radius 2 is 2.00 bits per heavy atom. The quantitative estimate of drug-likeness (QED) is 0.619. The van der Waals surface area contributed by atoms with Gasteiger partial charge in [0.2, 0.25) is 5.79 Å². The van der Waals surface area contributed by atoms with Crippen molar-refractivity contribution >= 4 is 0 Å². The third-order valence-electron chi connectivity index (χ3n) is 8.19. The Bertz CT molecular complexity index is 560. The van der Waals surface area contributed by atoms with Gasteiger partial charge in [0.1, 0.15) is 6.10 Å². The van der Waals surface area contributed by atoms with Crippen molar-refractivity contribution in [1.82, 2.24) is 5.32 Å². The standard InChI is InChI=1S/C19H31NO5/c1-11-5-6-19-12(2)14(21-10-9-20-4)22-15-13(19)18(11)8-7-17(3,23-15)25-24-16(18)19/h11-16,20H,5-10H2,1-4H3/t11-,12+,13?,14?,15-,16?,17+,18?,19?/m1/s1. The fraction of sp³-hybridized carbons (Fsp3) is 1.00. The van der Waals surface area contributed by atoms with E-state index in [1.807, 2.05) is 14.0 Å². The van der Waals surface area contributed by atoms with Crippen LogP contribution in [0.1, 0.15) is 46.5 Å². The molecule has 5 aliphatic rings. The van der Waals surface area contributed by atoms with Crippen LogP contribution in [0.5, 0.6) is 0 Å². The van der Waals surface area contributed by atoms with Crippen molar-refractivity contribution in [2.24, 2.45) is 28.6 Å². The Labute approximate surface area is 149 Å². The largest absolute Gasteiger partial charge is 0.351 e. The number of nitrogens with one attached hydrogen (secondary N) is 1. The van der Waals surface area contributed by atoms with Gasteiger partial charge >= 0.3 is 0 Å². The molecule has 3 aliphatic heterocycles. The Morgan fingerprint density at radius 3 is 2.80 bits per heavy atom. The lowest BCUT2D eigenvalue weighted by Gasteiger charge is -2.77. The van der Waals surface area contributed by atoms with Crippen molar-refractivity contribution in [2.45, 2.75) is 70.9 Å². The molecular weight excluding hydrogens is 322 g/mol. The van der Waals surface area contributed by atoms with E-state index >= 15 is 0 Å². The molecule has 2 aliphatic carbocycles. The maximum Gasteiger partial charge on any atom is 0.201 e. The third-order valence-corrected chi connectivity index (χ3v) is 8.19. The van der Waals surface area contributed by atoms with Crippen LogP contribution in [-0.2, 0) is 24.0 Å². The first kappa shape index (κ1) is 16.9. The Balaban J connectivity index is 1.54. The maximum atomic E-state index is 6.41. The first-order chi connectivity index (χ1) is 12.0. The molecule has 3 saturated heterocycles. The van der Waals surface area contributed by atoms with Gasteiger partial charge in [-0.1, -0.05) is 13.8 Å². The van der Waals surface area contributed by atoms with Crippen molar-refractivity contribution in [3.05, 3.63) is 0 Å². The predicted octanol–water partition coefficient (Wildman–Crippen LogP) is 2.43. The average Bonchev–Trinajstić information content (AvgIpc) is 2.77. The fourth-order valence-electron chi connectivity index (χ4n) is 6.88. The molecule has 0 radical (unpaired) electrons. The van der Waals surface area contributed by atoms with Crippen molar-refractivity contribution in [2.75, 3.05) is 20.2 Å². The van der Waals surface area contributed by atoms with Crippen LogP contribution < -0.4 is 5.32 Å². The summed E-state index contributed by atoms with van der Waals surface area (Å²) in [6.07, 6.45) is 3.98. The Morgan fingerprint density at radius 1 is 1.16 bits per heavy atom. The summed E-state index contributed by atoms with van der Waals surface area (Å²) in [4.78, 5) is 12.0. The van der Waals surface area contributed by atoms with Gasteiger partial charge in [-0.15, -0.1) is 0 Å². The summed E-state index contributed by atoms with van der Waals surface area (Å²) in [5.74, 6) is 0.549. The highest BCUT2D eigenvalue weighted by molar-refractivity contribution is 5.26. The molecule has 5 fully saturated rings. The van der Waals surface area contributed by atoms with Crippen LogP contribution in [0, 0.1) is 28.6 Å². The molecule has 5 rings (SSSR count). The molecule has 6 nitrogen and oxygen atoms in total. The van der Waals surface area contributed by atoms with E-state index in [0.717, 1.165) is 25.8 Å². The zero-order valence-electron chi connectivity index (χ0n) is 15.7. The molecule has 3 heterocycles. The zero-order valence-corrected chi connectivity index (χ0v) is 15.7. The van der Waals surface area contributed by atoms with Crippen molar-refractivity contribution in [3.63, 3.8) is 0 Å². The fourth-order valence-corrected chi connectivity index (χ4v) is 6.88. The van der Waals surface area contributed by atoms with Gasteiger partial charge < -0.3 is 19.5 Å². The third kappa shape index (κ3) is 1.91. The maximum absolute atomic E-state index is 6.41. The second-order valence-corrected chi connectivity index (χ2v) is 9.09. The van der Waals surface area contributed by atoms with E-state index in [9.17, 15) is 0 Å². The van der Waals surface area contributed by atoms with Gasteiger partial charge in [-0.3, -0.25) is 0 Å². The summed E-state index contributed by atoms with van der Waals surface area (Å²) in [6, 6.07) is 0. The molecule has 9 atom stereocenters. The molecule has 0 aromatic rings. The minimum Gasteiger partial charge on any atom is -0.351 e. The highest BCUT2D eigenvalue weighted by Crippen LogP contribution is 2.79. The van der Waals surface area contributed by atoms with Crippen molar-refractivity contribution < 1.29 is 24.0 Å². The molecule has 6 heteroatoms. The topological polar surface area (TPSA) is 58.2 Å². The summed E-state index contributed by atoms with van der Waals surface area (Å²) >= 11 is 0. The summed E-state index contributed by atoms with van der Waals surface area (Å²) in [6.45, 7) is 8.08. The van der Waals surface area contributed by atoms with Crippen molar-refractivity contribution in [1.29, 1.82) is 0 Å². The molecule has 2 spiro atoms. The number of rotatable bonds is 4. The van der Waals surface area contributed by atoms with E-state index in [4.69, 9.17) is 24.0 Å². The number of hydrogen-bond donors (Lipinski definition) is 1. The molecular formula is C19H31NO5. The number of ether oxygens (including phenoxy) is 3. The van der Waals surface area contributed by atoms with Gasteiger partial charge in [-0.25, -0.2) is 9.78 Å². The lowest BCUT2D eigenvalue weighted by atomic mass is 9.30. The lowest BCUT2D eigenvalue weighted by molar-refractivity contribution is -0.563. The predicted molar refractivity (Wildman–Crippen MR) is 89.1 cm³/mol. The Hall–Kier alpha value is -0.240. The molecule has 142 valence electrons. The van der Waals surface area contributed by atoms with Crippen LogP contribution in [0.3, 0.4) is 0 Å². The van der Waals surface area contributed by atoms with Gasteiger partial charge in [0.15, 0.2) is 12.6 Å². The monoisotopic (exact) mass is 353 g/mol. The molecule has 2 saturated carbocycles. The van der Waals surface area contributed by atoms with Crippen LogP contribution >= 0.6 is 0 Å². The van der Waals surface area contributed by atoms with Crippen LogP contribution in [0.25, 0.3) is 0 Å². The van der Waals surface area contributed by atoms with E-state index in [-0.39, 0.29) is 35.4 Å². The number of fused-ring (bicyclic) bond motifs is 2. The van der Waals surface area contributed by atoms with Crippen LogP contribution in [0.15, 0.2) is 0 Å². The summed E-state index contributed by atoms with van der Waals surface area (Å²) in [5, 5.41) is 3.13. The van der Waals surface area contributed by atoms with Gasteiger partial charge in [0.25, 0.3) is 0 Å².